The molecule has 2 nitrogen and oxygen atoms in total. The summed E-state index contributed by atoms with van der Waals surface area (Å²) in [5, 5.41) is 0. The first-order valence-corrected chi connectivity index (χ1v) is 5.56. The van der Waals surface area contributed by atoms with Crippen LogP contribution in [0.2, 0.25) is 0 Å². The smallest absolute Gasteiger partial charge is 0.209 e. The molecular formula is C13H17NO. The van der Waals surface area contributed by atoms with Crippen LogP contribution in [-0.2, 0) is 4.79 Å². The van der Waals surface area contributed by atoms with Crippen molar-refractivity contribution < 1.29 is 4.79 Å². The Hall–Kier alpha value is -1.31. The van der Waals surface area contributed by atoms with Crippen molar-refractivity contribution in [3.05, 3.63) is 35.4 Å². The standard InChI is InChI=1S/C13H17NO/c1-11-4-2-3-5-13(11)12-6-8-14(10-15)9-7-12/h2-5,10,12H,6-9H2,1H3. The molecule has 80 valence electrons. The van der Waals surface area contributed by atoms with Crippen molar-refractivity contribution in [3.63, 3.8) is 0 Å². The molecule has 0 aromatic heterocycles. The number of carbonyl (C=O) groups excluding carboxylic acids is 1. The maximum atomic E-state index is 10.6. The van der Waals surface area contributed by atoms with Crippen LogP contribution in [-0.4, -0.2) is 24.4 Å². The van der Waals surface area contributed by atoms with Crippen LogP contribution < -0.4 is 0 Å². The lowest BCUT2D eigenvalue weighted by atomic mass is 9.87. The first-order valence-electron chi connectivity index (χ1n) is 5.56. The van der Waals surface area contributed by atoms with E-state index in [2.05, 4.69) is 31.2 Å². The topological polar surface area (TPSA) is 20.3 Å². The number of hydrogen-bond acceptors (Lipinski definition) is 1. The van der Waals surface area contributed by atoms with Gasteiger partial charge in [-0.05, 0) is 36.8 Å². The van der Waals surface area contributed by atoms with Gasteiger partial charge in [-0.1, -0.05) is 24.3 Å². The molecule has 0 radical (unpaired) electrons. The zero-order chi connectivity index (χ0) is 10.7. The quantitative estimate of drug-likeness (QED) is 0.675. The molecular weight excluding hydrogens is 186 g/mol. The summed E-state index contributed by atoms with van der Waals surface area (Å²) in [6.07, 6.45) is 3.17. The number of hydrogen-bond donors (Lipinski definition) is 0. The Kier molecular flexibility index (Phi) is 3.05. The van der Waals surface area contributed by atoms with Gasteiger partial charge in [0.2, 0.25) is 6.41 Å². The average molecular weight is 203 g/mol. The van der Waals surface area contributed by atoms with E-state index in [0.717, 1.165) is 32.3 Å². The fourth-order valence-electron chi connectivity index (χ4n) is 2.36. The fourth-order valence-corrected chi connectivity index (χ4v) is 2.36. The highest BCUT2D eigenvalue weighted by molar-refractivity contribution is 5.47. The van der Waals surface area contributed by atoms with E-state index < -0.39 is 0 Å². The molecule has 2 heteroatoms. The number of aryl methyl sites for hydroxylation is 1. The van der Waals surface area contributed by atoms with Crippen LogP contribution in [0, 0.1) is 6.92 Å². The van der Waals surface area contributed by atoms with Crippen LogP contribution in [0.3, 0.4) is 0 Å². The van der Waals surface area contributed by atoms with Gasteiger partial charge in [-0.25, -0.2) is 0 Å². The molecule has 2 rings (SSSR count). The van der Waals surface area contributed by atoms with Gasteiger partial charge in [-0.2, -0.15) is 0 Å². The van der Waals surface area contributed by atoms with E-state index in [1.54, 1.807) is 0 Å². The number of piperidine rings is 1. The highest BCUT2D eigenvalue weighted by Gasteiger charge is 2.20. The second-order valence-corrected chi connectivity index (χ2v) is 4.27. The summed E-state index contributed by atoms with van der Waals surface area (Å²) in [4.78, 5) is 12.5. The predicted molar refractivity (Wildman–Crippen MR) is 60.8 cm³/mol. The van der Waals surface area contributed by atoms with Crippen molar-refractivity contribution in [1.29, 1.82) is 0 Å². The second kappa shape index (κ2) is 4.47. The highest BCUT2D eigenvalue weighted by Crippen LogP contribution is 2.29. The zero-order valence-corrected chi connectivity index (χ0v) is 9.15. The van der Waals surface area contributed by atoms with Gasteiger partial charge in [0.25, 0.3) is 0 Å². The van der Waals surface area contributed by atoms with Crippen molar-refractivity contribution >= 4 is 6.41 Å². The van der Waals surface area contributed by atoms with Crippen LogP contribution in [0.15, 0.2) is 24.3 Å². The molecule has 0 N–H and O–H groups in total. The van der Waals surface area contributed by atoms with Crippen LogP contribution in [0.1, 0.15) is 29.9 Å². The van der Waals surface area contributed by atoms with Gasteiger partial charge in [0, 0.05) is 13.1 Å². The van der Waals surface area contributed by atoms with Crippen molar-refractivity contribution in [2.45, 2.75) is 25.7 Å². The zero-order valence-electron chi connectivity index (χ0n) is 9.15. The number of likely N-dealkylation sites (tertiary alicyclic amines) is 1. The van der Waals surface area contributed by atoms with Gasteiger partial charge in [0.15, 0.2) is 0 Å². The largest absolute Gasteiger partial charge is 0.345 e. The van der Waals surface area contributed by atoms with E-state index in [0.29, 0.717) is 5.92 Å². The molecule has 0 saturated carbocycles. The van der Waals surface area contributed by atoms with Crippen LogP contribution in [0.4, 0.5) is 0 Å². The monoisotopic (exact) mass is 203 g/mol. The first-order chi connectivity index (χ1) is 7.31. The van der Waals surface area contributed by atoms with Gasteiger partial charge in [-0.15, -0.1) is 0 Å². The lowest BCUT2D eigenvalue weighted by Crippen LogP contribution is -2.31. The third-order valence-electron chi connectivity index (χ3n) is 3.31. The molecule has 0 atom stereocenters. The Morgan fingerprint density at radius 1 is 1.27 bits per heavy atom. The van der Waals surface area contributed by atoms with Crippen LogP contribution in [0.5, 0.6) is 0 Å². The molecule has 1 heterocycles. The minimum atomic E-state index is 0.641. The predicted octanol–water partition coefficient (Wildman–Crippen LogP) is 2.33. The van der Waals surface area contributed by atoms with E-state index in [9.17, 15) is 4.79 Å². The SMILES string of the molecule is Cc1ccccc1C1CCN(C=O)CC1. The molecule has 1 saturated heterocycles. The Morgan fingerprint density at radius 2 is 1.93 bits per heavy atom. The van der Waals surface area contributed by atoms with Gasteiger partial charge in [0.1, 0.15) is 0 Å². The summed E-state index contributed by atoms with van der Waals surface area (Å²) < 4.78 is 0. The molecule has 0 aliphatic carbocycles. The number of carbonyl (C=O) groups is 1. The first kappa shape index (κ1) is 10.2. The summed E-state index contributed by atoms with van der Waals surface area (Å²) in [5.74, 6) is 0.641. The van der Waals surface area contributed by atoms with E-state index in [4.69, 9.17) is 0 Å². The normalized spacial score (nSPS) is 17.8. The van der Waals surface area contributed by atoms with Gasteiger partial charge >= 0.3 is 0 Å². The van der Waals surface area contributed by atoms with Crippen molar-refractivity contribution in [1.82, 2.24) is 4.90 Å². The molecule has 0 bridgehead atoms. The Bertz CT molecular complexity index is 340. The number of rotatable bonds is 2. The number of benzene rings is 1. The number of nitrogens with zero attached hydrogens (tertiary/aromatic N) is 1. The lowest BCUT2D eigenvalue weighted by molar-refractivity contribution is -0.119. The van der Waals surface area contributed by atoms with Gasteiger partial charge in [-0.3, -0.25) is 4.79 Å². The van der Waals surface area contributed by atoms with Crippen molar-refractivity contribution in [2.75, 3.05) is 13.1 Å². The lowest BCUT2D eigenvalue weighted by Gasteiger charge is -2.30. The summed E-state index contributed by atoms with van der Waals surface area (Å²) in [5.41, 5.74) is 2.84. The Balaban J connectivity index is 2.07. The molecule has 1 amide bonds. The summed E-state index contributed by atoms with van der Waals surface area (Å²) in [6, 6.07) is 8.58. The summed E-state index contributed by atoms with van der Waals surface area (Å²) in [7, 11) is 0. The third-order valence-corrected chi connectivity index (χ3v) is 3.31. The molecule has 0 unspecified atom stereocenters. The van der Waals surface area contributed by atoms with Gasteiger partial charge in [0.05, 0.1) is 0 Å². The summed E-state index contributed by atoms with van der Waals surface area (Å²) in [6.45, 7) is 3.98. The van der Waals surface area contributed by atoms with Crippen LogP contribution in [0.25, 0.3) is 0 Å². The molecule has 1 aliphatic heterocycles. The van der Waals surface area contributed by atoms with E-state index in [1.807, 2.05) is 4.90 Å². The van der Waals surface area contributed by atoms with Gasteiger partial charge < -0.3 is 4.90 Å². The minimum absolute atomic E-state index is 0.641. The molecule has 15 heavy (non-hydrogen) atoms. The molecule has 1 fully saturated rings. The average Bonchev–Trinajstić information content (AvgIpc) is 2.30. The maximum absolute atomic E-state index is 10.6. The molecule has 1 aliphatic rings. The van der Waals surface area contributed by atoms with Crippen molar-refractivity contribution in [2.24, 2.45) is 0 Å². The Morgan fingerprint density at radius 3 is 2.53 bits per heavy atom. The number of amides is 1. The highest BCUT2D eigenvalue weighted by atomic mass is 16.1. The maximum Gasteiger partial charge on any atom is 0.209 e. The van der Waals surface area contributed by atoms with E-state index >= 15 is 0 Å². The minimum Gasteiger partial charge on any atom is -0.345 e. The third kappa shape index (κ3) is 2.20. The van der Waals surface area contributed by atoms with E-state index in [1.165, 1.54) is 11.1 Å². The van der Waals surface area contributed by atoms with Crippen LogP contribution >= 0.6 is 0 Å². The Labute approximate surface area is 90.9 Å². The summed E-state index contributed by atoms with van der Waals surface area (Å²) >= 11 is 0. The fraction of sp³-hybridized carbons (Fsp3) is 0.462. The van der Waals surface area contributed by atoms with E-state index in [-0.39, 0.29) is 0 Å². The molecule has 1 aromatic rings. The molecule has 1 aromatic carbocycles. The molecule has 0 spiro atoms. The second-order valence-electron chi connectivity index (χ2n) is 4.27. The van der Waals surface area contributed by atoms with Crippen molar-refractivity contribution in [3.8, 4) is 0 Å².